The third-order valence-corrected chi connectivity index (χ3v) is 4.22. The third-order valence-electron chi connectivity index (χ3n) is 4.22. The predicted molar refractivity (Wildman–Crippen MR) is 62.3 cm³/mol. The molecule has 0 fully saturated rings. The molecule has 0 amide bonds. The standard InChI is InChI=1S/C14H15N/c1-3-10-7-8-15-9-11-4-2-5-12(11)13(6-1)14(10)15/h1-3,5-6,11-12H,4,7-9H2. The predicted octanol–water partition coefficient (Wildman–Crippen LogP) is 2.72. The van der Waals surface area contributed by atoms with Crippen LogP contribution in [0.4, 0.5) is 5.69 Å². The van der Waals surface area contributed by atoms with Crippen molar-refractivity contribution in [1.82, 2.24) is 0 Å². The molecule has 1 aromatic carbocycles. The van der Waals surface area contributed by atoms with Gasteiger partial charge in [0.15, 0.2) is 0 Å². The van der Waals surface area contributed by atoms with E-state index in [9.17, 15) is 0 Å². The zero-order valence-electron chi connectivity index (χ0n) is 8.82. The van der Waals surface area contributed by atoms with Crippen molar-refractivity contribution >= 4 is 5.69 Å². The van der Waals surface area contributed by atoms with Crippen molar-refractivity contribution in [2.24, 2.45) is 5.92 Å². The molecule has 15 heavy (non-hydrogen) atoms. The third kappa shape index (κ3) is 0.935. The zero-order valence-corrected chi connectivity index (χ0v) is 8.82. The molecule has 0 aromatic heterocycles. The van der Waals surface area contributed by atoms with E-state index >= 15 is 0 Å². The van der Waals surface area contributed by atoms with Gasteiger partial charge < -0.3 is 4.90 Å². The molecule has 3 aliphatic rings. The Kier molecular flexibility index (Phi) is 1.41. The summed E-state index contributed by atoms with van der Waals surface area (Å²) in [6.45, 7) is 2.53. The van der Waals surface area contributed by atoms with E-state index in [2.05, 4.69) is 35.3 Å². The molecule has 0 N–H and O–H groups in total. The van der Waals surface area contributed by atoms with Gasteiger partial charge in [-0.2, -0.15) is 0 Å². The number of hydrogen-bond donors (Lipinski definition) is 0. The molecule has 0 saturated heterocycles. The average molecular weight is 197 g/mol. The van der Waals surface area contributed by atoms with Crippen LogP contribution in [-0.2, 0) is 6.42 Å². The largest absolute Gasteiger partial charge is 0.370 e. The maximum Gasteiger partial charge on any atom is 0.0438 e. The lowest BCUT2D eigenvalue weighted by Crippen LogP contribution is -2.34. The summed E-state index contributed by atoms with van der Waals surface area (Å²) in [7, 11) is 0. The van der Waals surface area contributed by atoms with Gasteiger partial charge in [-0.1, -0.05) is 30.4 Å². The minimum Gasteiger partial charge on any atom is -0.370 e. The van der Waals surface area contributed by atoms with Gasteiger partial charge in [-0.05, 0) is 29.9 Å². The molecule has 1 aromatic rings. The first-order chi connectivity index (χ1) is 7.43. The second kappa shape index (κ2) is 2.66. The maximum atomic E-state index is 2.61. The second-order valence-corrected chi connectivity index (χ2v) is 5.00. The molecular formula is C14H15N. The van der Waals surface area contributed by atoms with Crippen molar-refractivity contribution in [3.8, 4) is 0 Å². The Morgan fingerprint density at radius 3 is 3.27 bits per heavy atom. The van der Waals surface area contributed by atoms with E-state index in [4.69, 9.17) is 0 Å². The van der Waals surface area contributed by atoms with Gasteiger partial charge in [-0.15, -0.1) is 0 Å². The highest BCUT2D eigenvalue weighted by molar-refractivity contribution is 5.67. The molecule has 1 nitrogen and oxygen atoms in total. The first kappa shape index (κ1) is 7.98. The monoisotopic (exact) mass is 197 g/mol. The van der Waals surface area contributed by atoms with E-state index in [1.807, 2.05) is 0 Å². The Labute approximate surface area is 90.4 Å². The highest BCUT2D eigenvalue weighted by Gasteiger charge is 2.36. The molecule has 4 rings (SSSR count). The molecule has 0 saturated carbocycles. The normalized spacial score (nSPS) is 30.5. The van der Waals surface area contributed by atoms with Crippen molar-refractivity contribution < 1.29 is 0 Å². The number of nitrogens with zero attached hydrogens (tertiary/aromatic N) is 1. The molecule has 1 aliphatic carbocycles. The van der Waals surface area contributed by atoms with Crippen LogP contribution in [0.15, 0.2) is 30.4 Å². The molecule has 2 heterocycles. The molecule has 2 unspecified atom stereocenters. The lowest BCUT2D eigenvalue weighted by molar-refractivity contribution is 0.484. The molecule has 2 aliphatic heterocycles. The first-order valence-corrected chi connectivity index (χ1v) is 5.97. The summed E-state index contributed by atoms with van der Waals surface area (Å²) in [5.41, 5.74) is 4.74. The van der Waals surface area contributed by atoms with Gasteiger partial charge in [0.25, 0.3) is 0 Å². The van der Waals surface area contributed by atoms with Crippen LogP contribution in [0.3, 0.4) is 0 Å². The topological polar surface area (TPSA) is 3.24 Å². The van der Waals surface area contributed by atoms with E-state index in [0.717, 1.165) is 5.92 Å². The summed E-state index contributed by atoms with van der Waals surface area (Å²) in [5.74, 6) is 1.57. The highest BCUT2D eigenvalue weighted by Crippen LogP contribution is 2.47. The number of para-hydroxylation sites is 1. The van der Waals surface area contributed by atoms with Crippen LogP contribution in [0.5, 0.6) is 0 Å². The molecule has 0 spiro atoms. The van der Waals surface area contributed by atoms with Gasteiger partial charge in [0.1, 0.15) is 0 Å². The van der Waals surface area contributed by atoms with E-state index in [-0.39, 0.29) is 0 Å². The summed E-state index contributed by atoms with van der Waals surface area (Å²) in [5, 5.41) is 0. The summed E-state index contributed by atoms with van der Waals surface area (Å²) < 4.78 is 0. The Bertz CT molecular complexity index is 447. The van der Waals surface area contributed by atoms with Crippen LogP contribution in [-0.4, -0.2) is 13.1 Å². The lowest BCUT2D eigenvalue weighted by atomic mass is 9.83. The molecule has 2 atom stereocenters. The summed E-state index contributed by atoms with van der Waals surface area (Å²) in [4.78, 5) is 2.61. The van der Waals surface area contributed by atoms with Gasteiger partial charge in [0.2, 0.25) is 0 Å². The van der Waals surface area contributed by atoms with Crippen LogP contribution < -0.4 is 4.90 Å². The van der Waals surface area contributed by atoms with Crippen LogP contribution in [0.1, 0.15) is 23.5 Å². The fourth-order valence-electron chi connectivity index (χ4n) is 3.55. The summed E-state index contributed by atoms with van der Waals surface area (Å²) >= 11 is 0. The molecule has 76 valence electrons. The highest BCUT2D eigenvalue weighted by atomic mass is 15.2. The number of anilines is 1. The van der Waals surface area contributed by atoms with Gasteiger partial charge in [-0.25, -0.2) is 0 Å². The summed E-state index contributed by atoms with van der Waals surface area (Å²) in [6, 6.07) is 6.88. The van der Waals surface area contributed by atoms with Gasteiger partial charge >= 0.3 is 0 Å². The van der Waals surface area contributed by atoms with Crippen LogP contribution in [0.2, 0.25) is 0 Å². The fraction of sp³-hybridized carbons (Fsp3) is 0.429. The van der Waals surface area contributed by atoms with Gasteiger partial charge in [0.05, 0.1) is 0 Å². The Morgan fingerprint density at radius 1 is 1.27 bits per heavy atom. The second-order valence-electron chi connectivity index (χ2n) is 5.00. The minimum absolute atomic E-state index is 0.717. The van der Waals surface area contributed by atoms with Crippen LogP contribution in [0.25, 0.3) is 0 Å². The number of rotatable bonds is 0. The van der Waals surface area contributed by atoms with Crippen molar-refractivity contribution in [2.45, 2.75) is 18.8 Å². The number of benzene rings is 1. The number of hydrogen-bond acceptors (Lipinski definition) is 1. The number of fused-ring (bicyclic) bond motifs is 2. The Hall–Kier alpha value is -1.24. The van der Waals surface area contributed by atoms with E-state index in [0.29, 0.717) is 5.92 Å². The van der Waals surface area contributed by atoms with Gasteiger partial charge in [0, 0.05) is 24.7 Å². The van der Waals surface area contributed by atoms with Crippen molar-refractivity contribution in [3.63, 3.8) is 0 Å². The van der Waals surface area contributed by atoms with Crippen LogP contribution in [0, 0.1) is 5.92 Å². The first-order valence-electron chi connectivity index (χ1n) is 5.97. The lowest BCUT2D eigenvalue weighted by Gasteiger charge is -2.35. The summed E-state index contributed by atoms with van der Waals surface area (Å²) in [6.07, 6.45) is 7.34. The Morgan fingerprint density at radius 2 is 2.27 bits per heavy atom. The molecule has 0 bridgehead atoms. The SMILES string of the molecule is C1=CC2c3cccc4c3N(CC4)CC2C1. The van der Waals surface area contributed by atoms with E-state index in [1.165, 1.54) is 25.9 Å². The molecule has 1 heteroatoms. The molecule has 0 radical (unpaired) electrons. The van der Waals surface area contributed by atoms with Crippen LogP contribution >= 0.6 is 0 Å². The molecular weight excluding hydrogens is 182 g/mol. The zero-order chi connectivity index (χ0) is 9.83. The van der Waals surface area contributed by atoms with E-state index < -0.39 is 0 Å². The quantitative estimate of drug-likeness (QED) is 0.578. The smallest absolute Gasteiger partial charge is 0.0438 e. The van der Waals surface area contributed by atoms with Crippen molar-refractivity contribution in [3.05, 3.63) is 41.5 Å². The van der Waals surface area contributed by atoms with Crippen molar-refractivity contribution in [2.75, 3.05) is 18.0 Å². The van der Waals surface area contributed by atoms with Crippen molar-refractivity contribution in [1.29, 1.82) is 0 Å². The Balaban J connectivity index is 1.96. The van der Waals surface area contributed by atoms with Gasteiger partial charge in [-0.3, -0.25) is 0 Å². The average Bonchev–Trinajstić information content (AvgIpc) is 2.87. The minimum atomic E-state index is 0.717. The fourth-order valence-corrected chi connectivity index (χ4v) is 3.55. The van der Waals surface area contributed by atoms with E-state index in [1.54, 1.807) is 16.8 Å². The number of allylic oxidation sites excluding steroid dienone is 2. The maximum absolute atomic E-state index is 2.61.